The molecule has 2 atom stereocenters. The lowest BCUT2D eigenvalue weighted by Crippen LogP contribution is -2.32. The molecule has 1 heterocycles. The van der Waals surface area contributed by atoms with E-state index in [1.54, 1.807) is 0 Å². The van der Waals surface area contributed by atoms with Crippen LogP contribution in [0.25, 0.3) is 0 Å². The molecule has 1 fully saturated rings. The Balaban J connectivity index is 1.89. The lowest BCUT2D eigenvalue weighted by atomic mass is 10.1. The number of Topliss-reactive ketones (excluding diaryl/α,β-unsaturated/α-hetero) is 1. The second-order valence-corrected chi connectivity index (χ2v) is 5.97. The number of halogens is 1. The molecule has 1 aromatic rings. The minimum Gasteiger partial charge on any atom is -0.371 e. The maximum atomic E-state index is 12.3. The third-order valence-corrected chi connectivity index (χ3v) is 4.00. The van der Waals surface area contributed by atoms with Crippen LogP contribution in [-0.4, -0.2) is 38.5 Å². The summed E-state index contributed by atoms with van der Waals surface area (Å²) in [6.45, 7) is 0.958. The molecule has 0 aromatic heterocycles. The molecule has 1 aliphatic heterocycles. The van der Waals surface area contributed by atoms with Gasteiger partial charge in [0.05, 0.1) is 6.61 Å². The molecule has 110 valence electrons. The van der Waals surface area contributed by atoms with Gasteiger partial charge in [-0.15, -0.1) is 0 Å². The van der Waals surface area contributed by atoms with E-state index >= 15 is 0 Å². The van der Waals surface area contributed by atoms with Crippen molar-refractivity contribution in [2.75, 3.05) is 20.3 Å². The Hall–Kier alpha value is -0.500. The van der Waals surface area contributed by atoms with E-state index in [1.807, 2.05) is 24.3 Å². The van der Waals surface area contributed by atoms with Gasteiger partial charge in [0.25, 0.3) is 0 Å². The number of ether oxygens (including phenoxy) is 3. The van der Waals surface area contributed by atoms with Gasteiger partial charge < -0.3 is 14.2 Å². The van der Waals surface area contributed by atoms with Gasteiger partial charge in [0, 0.05) is 22.9 Å². The van der Waals surface area contributed by atoms with Crippen LogP contribution >= 0.6 is 22.6 Å². The van der Waals surface area contributed by atoms with Crippen LogP contribution in [0, 0.1) is 3.57 Å². The van der Waals surface area contributed by atoms with Crippen LogP contribution in [0.2, 0.25) is 0 Å². The van der Waals surface area contributed by atoms with Crippen LogP contribution in [0.4, 0.5) is 0 Å². The molecule has 2 rings (SSSR count). The van der Waals surface area contributed by atoms with Gasteiger partial charge in [0.2, 0.25) is 0 Å². The number of ketones is 1. The molecule has 0 saturated carbocycles. The molecule has 1 aliphatic rings. The van der Waals surface area contributed by atoms with Crippen molar-refractivity contribution >= 4 is 28.4 Å². The fourth-order valence-electron chi connectivity index (χ4n) is 2.09. The number of carbonyl (C=O) groups is 1. The zero-order chi connectivity index (χ0) is 14.4. The topological polar surface area (TPSA) is 44.8 Å². The number of hydrogen-bond donors (Lipinski definition) is 0. The normalized spacial score (nSPS) is 20.6. The van der Waals surface area contributed by atoms with Crippen molar-refractivity contribution in [3.8, 4) is 0 Å². The smallest absolute Gasteiger partial charge is 0.193 e. The summed E-state index contributed by atoms with van der Waals surface area (Å²) in [5.74, 6) is -0.0558. The second kappa shape index (κ2) is 8.07. The van der Waals surface area contributed by atoms with Gasteiger partial charge in [-0.2, -0.15) is 0 Å². The van der Waals surface area contributed by atoms with Crippen LogP contribution < -0.4 is 0 Å². The summed E-state index contributed by atoms with van der Waals surface area (Å²) >= 11 is 2.21. The highest BCUT2D eigenvalue weighted by Crippen LogP contribution is 2.15. The molecule has 5 heteroatoms. The van der Waals surface area contributed by atoms with Crippen LogP contribution in [0.5, 0.6) is 0 Å². The molecule has 1 aromatic carbocycles. The van der Waals surface area contributed by atoms with E-state index in [4.69, 9.17) is 14.2 Å². The maximum Gasteiger partial charge on any atom is 0.193 e. The molecular weight excluding hydrogens is 371 g/mol. The zero-order valence-electron chi connectivity index (χ0n) is 11.5. The zero-order valence-corrected chi connectivity index (χ0v) is 13.7. The highest BCUT2D eigenvalue weighted by molar-refractivity contribution is 14.1. The molecule has 0 amide bonds. The molecule has 0 radical (unpaired) electrons. The fourth-order valence-corrected chi connectivity index (χ4v) is 2.45. The van der Waals surface area contributed by atoms with Crippen LogP contribution in [-0.2, 0) is 14.2 Å². The Kier molecular flexibility index (Phi) is 6.41. The van der Waals surface area contributed by atoms with Gasteiger partial charge >= 0.3 is 0 Å². The highest BCUT2D eigenvalue weighted by Gasteiger charge is 2.23. The summed E-state index contributed by atoms with van der Waals surface area (Å²) < 4.78 is 17.5. The first-order chi connectivity index (χ1) is 9.70. The van der Waals surface area contributed by atoms with E-state index in [1.165, 1.54) is 7.11 Å². The Morgan fingerprint density at radius 1 is 1.40 bits per heavy atom. The number of carbonyl (C=O) groups excluding carboxylic acids is 1. The Morgan fingerprint density at radius 2 is 2.15 bits per heavy atom. The Labute approximate surface area is 132 Å². The first-order valence-corrected chi connectivity index (χ1v) is 7.84. The minimum atomic E-state index is -0.583. The molecule has 0 bridgehead atoms. The van der Waals surface area contributed by atoms with E-state index < -0.39 is 6.10 Å². The van der Waals surface area contributed by atoms with Gasteiger partial charge in [-0.05, 0) is 54.0 Å². The number of rotatable bonds is 6. The molecule has 1 saturated heterocycles. The van der Waals surface area contributed by atoms with Crippen molar-refractivity contribution in [2.45, 2.75) is 31.7 Å². The van der Waals surface area contributed by atoms with Crippen molar-refractivity contribution in [1.82, 2.24) is 0 Å². The predicted molar refractivity (Wildman–Crippen MR) is 83.8 cm³/mol. The lowest BCUT2D eigenvalue weighted by Gasteiger charge is -2.24. The summed E-state index contributed by atoms with van der Waals surface area (Å²) in [7, 11) is 1.53. The van der Waals surface area contributed by atoms with E-state index in [2.05, 4.69) is 22.6 Å². The predicted octanol–water partition coefficient (Wildman–Crippen LogP) is 3.03. The Bertz CT molecular complexity index is 426. The summed E-state index contributed by atoms with van der Waals surface area (Å²) in [5.41, 5.74) is 0.644. The van der Waals surface area contributed by atoms with Crippen LogP contribution in [0.15, 0.2) is 24.3 Å². The van der Waals surface area contributed by atoms with Crippen molar-refractivity contribution in [2.24, 2.45) is 0 Å². The maximum absolute atomic E-state index is 12.3. The average Bonchev–Trinajstić information content (AvgIpc) is 2.49. The molecule has 1 unspecified atom stereocenters. The van der Waals surface area contributed by atoms with Crippen molar-refractivity contribution in [1.29, 1.82) is 0 Å². The van der Waals surface area contributed by atoms with Gasteiger partial charge in [-0.3, -0.25) is 4.79 Å². The van der Waals surface area contributed by atoms with Crippen molar-refractivity contribution in [3.63, 3.8) is 0 Å². The van der Waals surface area contributed by atoms with E-state index in [0.29, 0.717) is 5.56 Å². The standard InChI is InChI=1S/C15H19IO4/c1-18-13(10-20-14-4-2-3-9-19-14)15(17)11-5-7-12(16)8-6-11/h5-8,13-14H,2-4,9-10H2,1H3/t13?,14-/m0/s1. The molecular formula is C15H19IO4. The van der Waals surface area contributed by atoms with Gasteiger partial charge in [-0.25, -0.2) is 0 Å². The summed E-state index contributed by atoms with van der Waals surface area (Å²) in [6, 6.07) is 7.44. The van der Waals surface area contributed by atoms with Crippen LogP contribution in [0.1, 0.15) is 29.6 Å². The molecule has 20 heavy (non-hydrogen) atoms. The van der Waals surface area contributed by atoms with E-state index in [0.717, 1.165) is 29.4 Å². The van der Waals surface area contributed by atoms with Gasteiger partial charge in [0.1, 0.15) is 6.10 Å². The Morgan fingerprint density at radius 3 is 2.75 bits per heavy atom. The van der Waals surface area contributed by atoms with Crippen molar-refractivity contribution < 1.29 is 19.0 Å². The molecule has 0 N–H and O–H groups in total. The third kappa shape index (κ3) is 4.51. The fraction of sp³-hybridized carbons (Fsp3) is 0.533. The third-order valence-electron chi connectivity index (χ3n) is 3.28. The molecule has 4 nitrogen and oxygen atoms in total. The average molecular weight is 390 g/mol. The summed E-state index contributed by atoms with van der Waals surface area (Å²) in [4.78, 5) is 12.3. The second-order valence-electron chi connectivity index (χ2n) is 4.72. The first-order valence-electron chi connectivity index (χ1n) is 6.76. The minimum absolute atomic E-state index is 0.0558. The summed E-state index contributed by atoms with van der Waals surface area (Å²) in [5, 5.41) is 0. The number of hydrogen-bond acceptors (Lipinski definition) is 4. The SMILES string of the molecule is COC(CO[C@H]1CCCCO1)C(=O)c1ccc(I)cc1. The largest absolute Gasteiger partial charge is 0.371 e. The first kappa shape index (κ1) is 15.9. The highest BCUT2D eigenvalue weighted by atomic mass is 127. The lowest BCUT2D eigenvalue weighted by molar-refractivity contribution is -0.173. The monoisotopic (exact) mass is 390 g/mol. The van der Waals surface area contributed by atoms with Gasteiger partial charge in [0.15, 0.2) is 12.1 Å². The van der Waals surface area contributed by atoms with Crippen LogP contribution in [0.3, 0.4) is 0 Å². The number of methoxy groups -OCH3 is 1. The quantitative estimate of drug-likeness (QED) is 0.554. The van der Waals surface area contributed by atoms with Crippen molar-refractivity contribution in [3.05, 3.63) is 33.4 Å². The number of benzene rings is 1. The molecule has 0 aliphatic carbocycles. The van der Waals surface area contributed by atoms with Gasteiger partial charge in [-0.1, -0.05) is 12.1 Å². The van der Waals surface area contributed by atoms with E-state index in [9.17, 15) is 4.79 Å². The van der Waals surface area contributed by atoms with E-state index in [-0.39, 0.29) is 18.7 Å². The summed E-state index contributed by atoms with van der Waals surface area (Å²) in [6.07, 6.45) is 2.28. The molecule has 0 spiro atoms.